The van der Waals surface area contributed by atoms with Crippen LogP contribution >= 0.6 is 11.6 Å². The molecule has 0 aliphatic rings. The number of carbonyl (C=O) groups excluding carboxylic acids is 1. The summed E-state index contributed by atoms with van der Waals surface area (Å²) in [6.07, 6.45) is 0. The summed E-state index contributed by atoms with van der Waals surface area (Å²) in [6.45, 7) is 5.32. The van der Waals surface area contributed by atoms with E-state index in [1.54, 1.807) is 45.0 Å². The van der Waals surface area contributed by atoms with Gasteiger partial charge in [0.25, 0.3) is 0 Å². The number of hydrogen-bond acceptors (Lipinski definition) is 3. The number of rotatable bonds is 3. The first-order valence-corrected chi connectivity index (χ1v) is 7.09. The van der Waals surface area contributed by atoms with Crippen molar-refractivity contribution in [2.45, 2.75) is 25.5 Å². The molecule has 0 aromatic heterocycles. The third-order valence-electron chi connectivity index (χ3n) is 2.21. The lowest BCUT2D eigenvalue weighted by molar-refractivity contribution is -0.132. The van der Waals surface area contributed by atoms with Gasteiger partial charge in [0.2, 0.25) is 0 Å². The summed E-state index contributed by atoms with van der Waals surface area (Å²) in [4.78, 5) is 11.8. The van der Waals surface area contributed by atoms with Gasteiger partial charge in [-0.1, -0.05) is 29.8 Å². The number of benzene rings is 1. The van der Waals surface area contributed by atoms with Gasteiger partial charge in [-0.2, -0.15) is 4.40 Å². The van der Waals surface area contributed by atoms with Gasteiger partial charge in [-0.25, -0.2) is 9.00 Å². The Kier molecular flexibility index (Phi) is 5.26. The lowest BCUT2D eigenvalue weighted by Gasteiger charge is -2.15. The topological polar surface area (TPSA) is 55.7 Å². The number of nitrogens with zero attached hydrogens (tertiary/aromatic N) is 1. The molecule has 1 aromatic rings. The van der Waals surface area contributed by atoms with Crippen LogP contribution in [0.4, 0.5) is 0 Å². The third-order valence-corrected chi connectivity index (χ3v) is 3.93. The van der Waals surface area contributed by atoms with Crippen LogP contribution in [0.5, 0.6) is 0 Å². The van der Waals surface area contributed by atoms with Crippen LogP contribution < -0.4 is 0 Å². The van der Waals surface area contributed by atoms with E-state index in [0.717, 1.165) is 0 Å². The Morgan fingerprint density at radius 3 is 2.37 bits per heavy atom. The average Bonchev–Trinajstić information content (AvgIpc) is 2.34. The Balaban J connectivity index is 3.32. The molecule has 0 aliphatic heterocycles. The second-order valence-electron chi connectivity index (χ2n) is 4.77. The van der Waals surface area contributed by atoms with E-state index >= 15 is 0 Å². The number of esters is 1. The van der Waals surface area contributed by atoms with Crippen LogP contribution in [0.3, 0.4) is 0 Å². The van der Waals surface area contributed by atoms with E-state index in [0.29, 0.717) is 10.6 Å². The van der Waals surface area contributed by atoms with E-state index in [1.807, 2.05) is 0 Å². The van der Waals surface area contributed by atoms with Crippen LogP contribution in [0.25, 0.3) is 0 Å². The molecule has 0 fully saturated rings. The standard InChI is InChI=1S/C13H16ClNO3S/c1-13(2,3)19(17)15-11(12(16)18-4)9-7-5-6-8-10(9)14/h5-8H,1-4H3/b15-11+/t19-/m1/s1. The van der Waals surface area contributed by atoms with Gasteiger partial charge >= 0.3 is 5.97 Å². The van der Waals surface area contributed by atoms with Crippen LogP contribution in [-0.2, 0) is 20.5 Å². The van der Waals surface area contributed by atoms with E-state index in [4.69, 9.17) is 11.6 Å². The smallest absolute Gasteiger partial charge is 0.358 e. The molecule has 6 heteroatoms. The Labute approximate surface area is 120 Å². The predicted molar refractivity (Wildman–Crippen MR) is 77.9 cm³/mol. The maximum Gasteiger partial charge on any atom is 0.358 e. The minimum Gasteiger partial charge on any atom is -0.464 e. The molecule has 1 aromatic carbocycles. The van der Waals surface area contributed by atoms with Crippen molar-refractivity contribution in [3.63, 3.8) is 0 Å². The van der Waals surface area contributed by atoms with Crippen molar-refractivity contribution in [3.05, 3.63) is 34.9 Å². The quantitative estimate of drug-likeness (QED) is 0.637. The molecule has 1 atom stereocenters. The zero-order valence-electron chi connectivity index (χ0n) is 11.3. The summed E-state index contributed by atoms with van der Waals surface area (Å²) in [7, 11) is -0.325. The molecule has 0 aliphatic carbocycles. The molecule has 4 nitrogen and oxygen atoms in total. The summed E-state index contributed by atoms with van der Waals surface area (Å²) in [5.41, 5.74) is 0.384. The van der Waals surface area contributed by atoms with Gasteiger partial charge < -0.3 is 4.74 Å². The van der Waals surface area contributed by atoms with E-state index in [-0.39, 0.29) is 5.71 Å². The summed E-state index contributed by atoms with van der Waals surface area (Å²) in [5, 5.41) is 0.359. The van der Waals surface area contributed by atoms with Gasteiger partial charge in [-0.15, -0.1) is 0 Å². The van der Waals surface area contributed by atoms with Crippen molar-refractivity contribution >= 4 is 34.3 Å². The molecule has 0 heterocycles. The second kappa shape index (κ2) is 6.30. The van der Waals surface area contributed by atoms with Gasteiger partial charge in [-0.05, 0) is 26.8 Å². The van der Waals surface area contributed by atoms with E-state index in [9.17, 15) is 9.00 Å². The highest BCUT2D eigenvalue weighted by molar-refractivity contribution is 7.85. The molecule has 0 bridgehead atoms. The highest BCUT2D eigenvalue weighted by atomic mass is 35.5. The fourth-order valence-corrected chi connectivity index (χ4v) is 2.00. The highest BCUT2D eigenvalue weighted by Crippen LogP contribution is 2.19. The maximum atomic E-state index is 12.1. The normalized spacial score (nSPS) is 14.1. The van der Waals surface area contributed by atoms with Gasteiger partial charge in [0.05, 0.1) is 16.9 Å². The molecule has 0 unspecified atom stereocenters. The molecule has 0 spiro atoms. The van der Waals surface area contributed by atoms with E-state index in [2.05, 4.69) is 9.13 Å². The summed E-state index contributed by atoms with van der Waals surface area (Å²) in [5.74, 6) is -0.661. The van der Waals surface area contributed by atoms with E-state index in [1.165, 1.54) is 7.11 Å². The monoisotopic (exact) mass is 301 g/mol. The number of halogens is 1. The van der Waals surface area contributed by atoms with Crippen LogP contribution in [0.2, 0.25) is 5.02 Å². The molecule has 0 saturated carbocycles. The molecular formula is C13H16ClNO3S. The van der Waals surface area contributed by atoms with Crippen LogP contribution in [0.15, 0.2) is 28.7 Å². The number of carbonyl (C=O) groups is 1. The van der Waals surface area contributed by atoms with Gasteiger partial charge in [-0.3, -0.25) is 0 Å². The molecule has 1 rings (SSSR count). The molecule has 19 heavy (non-hydrogen) atoms. The van der Waals surface area contributed by atoms with Crippen LogP contribution in [-0.4, -0.2) is 27.7 Å². The molecule has 0 N–H and O–H groups in total. The predicted octanol–water partition coefficient (Wildman–Crippen LogP) is 2.76. The lowest BCUT2D eigenvalue weighted by Crippen LogP contribution is -2.24. The van der Waals surface area contributed by atoms with Crippen molar-refractivity contribution < 1.29 is 13.7 Å². The van der Waals surface area contributed by atoms with Crippen LogP contribution in [0, 0.1) is 0 Å². The molecule has 0 radical (unpaired) electrons. The summed E-state index contributed by atoms with van der Waals surface area (Å²) >= 11 is 6.03. The van der Waals surface area contributed by atoms with Crippen LogP contribution in [0.1, 0.15) is 26.3 Å². The molecule has 0 saturated heterocycles. The van der Waals surface area contributed by atoms with Gasteiger partial charge in [0, 0.05) is 5.56 Å². The van der Waals surface area contributed by atoms with Crippen molar-refractivity contribution in [2.75, 3.05) is 7.11 Å². The van der Waals surface area contributed by atoms with Crippen molar-refractivity contribution in [2.24, 2.45) is 4.40 Å². The third kappa shape index (κ3) is 4.14. The number of ether oxygens (including phenoxy) is 1. The Hall–Kier alpha value is -1.20. The first-order valence-electron chi connectivity index (χ1n) is 5.61. The van der Waals surface area contributed by atoms with Crippen molar-refractivity contribution in [1.29, 1.82) is 0 Å². The molecule has 104 valence electrons. The Morgan fingerprint density at radius 1 is 1.32 bits per heavy atom. The highest BCUT2D eigenvalue weighted by Gasteiger charge is 2.24. The number of hydrogen-bond donors (Lipinski definition) is 0. The van der Waals surface area contributed by atoms with Gasteiger partial charge in [0.15, 0.2) is 5.71 Å². The SMILES string of the molecule is COC(=O)/C(=N/[S@](=O)C(C)(C)C)c1ccccc1Cl. The second-order valence-corrected chi connectivity index (χ2v) is 7.09. The zero-order chi connectivity index (χ0) is 14.6. The van der Waals surface area contributed by atoms with E-state index < -0.39 is 21.7 Å². The van der Waals surface area contributed by atoms with Gasteiger partial charge in [0.1, 0.15) is 11.0 Å². The first kappa shape index (κ1) is 15.9. The molecule has 0 amide bonds. The largest absolute Gasteiger partial charge is 0.464 e. The molecular weight excluding hydrogens is 286 g/mol. The first-order chi connectivity index (χ1) is 8.77. The van der Waals surface area contributed by atoms with Crippen molar-refractivity contribution in [3.8, 4) is 0 Å². The minimum absolute atomic E-state index is 0.0265. The maximum absolute atomic E-state index is 12.1. The summed E-state index contributed by atoms with van der Waals surface area (Å²) in [6, 6.07) is 6.73. The minimum atomic E-state index is -1.57. The van der Waals surface area contributed by atoms with Crippen molar-refractivity contribution in [1.82, 2.24) is 0 Å². The fraction of sp³-hybridized carbons (Fsp3) is 0.385. The average molecular weight is 302 g/mol. The Bertz CT molecular complexity index is 535. The summed E-state index contributed by atoms with van der Waals surface area (Å²) < 4.78 is 20.1. The number of methoxy groups -OCH3 is 1. The lowest BCUT2D eigenvalue weighted by atomic mass is 10.1. The Morgan fingerprint density at radius 2 is 1.89 bits per heavy atom. The zero-order valence-corrected chi connectivity index (χ0v) is 12.8. The fourth-order valence-electron chi connectivity index (χ4n) is 1.17.